The normalized spacial score (nSPS) is 10.3. The van der Waals surface area contributed by atoms with Gasteiger partial charge in [0.15, 0.2) is 0 Å². The molecule has 19 heavy (non-hydrogen) atoms. The molecular formula is C14H11BrClNO2. The largest absolute Gasteiger partial charge is 0.456 e. The first-order valence-corrected chi connectivity index (χ1v) is 6.68. The molecule has 2 N–H and O–H groups in total. The molecule has 2 aromatic carbocycles. The first-order chi connectivity index (χ1) is 8.97. The van der Waals surface area contributed by atoms with E-state index in [2.05, 4.69) is 15.9 Å². The Morgan fingerprint density at radius 2 is 1.95 bits per heavy atom. The van der Waals surface area contributed by atoms with E-state index in [-0.39, 0.29) is 5.56 Å². The van der Waals surface area contributed by atoms with Crippen LogP contribution in [0, 0.1) is 6.92 Å². The topological polar surface area (TPSA) is 52.3 Å². The Hall–Kier alpha value is -1.52. The van der Waals surface area contributed by atoms with Crippen molar-refractivity contribution in [3.8, 4) is 11.5 Å². The molecule has 0 heterocycles. The van der Waals surface area contributed by atoms with Crippen LogP contribution in [0.3, 0.4) is 0 Å². The molecule has 5 heteroatoms. The third kappa shape index (κ3) is 3.28. The molecule has 0 radical (unpaired) electrons. The van der Waals surface area contributed by atoms with E-state index < -0.39 is 5.91 Å². The van der Waals surface area contributed by atoms with Crippen LogP contribution in [0.2, 0.25) is 5.02 Å². The van der Waals surface area contributed by atoms with Gasteiger partial charge in [-0.1, -0.05) is 33.6 Å². The first-order valence-electron chi connectivity index (χ1n) is 5.51. The van der Waals surface area contributed by atoms with Gasteiger partial charge in [0.1, 0.15) is 11.5 Å². The van der Waals surface area contributed by atoms with Crippen LogP contribution in [-0.2, 0) is 0 Å². The number of benzene rings is 2. The van der Waals surface area contributed by atoms with Crippen LogP contribution < -0.4 is 10.5 Å². The van der Waals surface area contributed by atoms with E-state index in [4.69, 9.17) is 22.1 Å². The summed E-state index contributed by atoms with van der Waals surface area (Å²) in [5.41, 5.74) is 6.53. The van der Waals surface area contributed by atoms with Crippen LogP contribution in [0.4, 0.5) is 0 Å². The molecule has 3 nitrogen and oxygen atoms in total. The van der Waals surface area contributed by atoms with E-state index in [1.54, 1.807) is 12.1 Å². The predicted molar refractivity (Wildman–Crippen MR) is 78.9 cm³/mol. The Morgan fingerprint density at radius 1 is 1.21 bits per heavy atom. The van der Waals surface area contributed by atoms with E-state index >= 15 is 0 Å². The lowest BCUT2D eigenvalue weighted by Gasteiger charge is -2.12. The molecule has 98 valence electrons. The van der Waals surface area contributed by atoms with Gasteiger partial charge in [-0.05, 0) is 42.8 Å². The third-order valence-corrected chi connectivity index (χ3v) is 3.31. The summed E-state index contributed by atoms with van der Waals surface area (Å²) in [6.45, 7) is 1.92. The minimum absolute atomic E-state index is 0.256. The molecule has 0 aliphatic heterocycles. The number of rotatable bonds is 3. The fourth-order valence-electron chi connectivity index (χ4n) is 1.59. The highest BCUT2D eigenvalue weighted by atomic mass is 79.9. The zero-order valence-corrected chi connectivity index (χ0v) is 12.5. The molecule has 0 aliphatic rings. The molecule has 0 aromatic heterocycles. The Bertz CT molecular complexity index is 643. The predicted octanol–water partition coefficient (Wildman–Crippen LogP) is 4.30. The van der Waals surface area contributed by atoms with Gasteiger partial charge in [-0.2, -0.15) is 0 Å². The summed E-state index contributed by atoms with van der Waals surface area (Å²) in [5, 5.41) is 0.437. The average Bonchev–Trinajstić information content (AvgIpc) is 2.35. The van der Waals surface area contributed by atoms with Crippen molar-refractivity contribution in [2.24, 2.45) is 5.73 Å². The van der Waals surface area contributed by atoms with Crippen LogP contribution in [-0.4, -0.2) is 5.91 Å². The van der Waals surface area contributed by atoms with Gasteiger partial charge in [-0.25, -0.2) is 0 Å². The molecule has 0 spiro atoms. The minimum Gasteiger partial charge on any atom is -0.456 e. The Labute approximate surface area is 124 Å². The van der Waals surface area contributed by atoms with Crippen molar-refractivity contribution in [3.05, 3.63) is 57.0 Å². The van der Waals surface area contributed by atoms with Crippen molar-refractivity contribution in [2.45, 2.75) is 6.92 Å². The van der Waals surface area contributed by atoms with E-state index in [0.29, 0.717) is 16.5 Å². The Morgan fingerprint density at radius 3 is 2.63 bits per heavy atom. The lowest BCUT2D eigenvalue weighted by atomic mass is 10.2. The van der Waals surface area contributed by atoms with Gasteiger partial charge in [0.05, 0.1) is 5.56 Å². The number of hydrogen-bond donors (Lipinski definition) is 1. The monoisotopic (exact) mass is 339 g/mol. The van der Waals surface area contributed by atoms with Gasteiger partial charge in [0.25, 0.3) is 5.91 Å². The molecular weight excluding hydrogens is 330 g/mol. The minimum atomic E-state index is -0.579. The van der Waals surface area contributed by atoms with Crippen molar-refractivity contribution in [3.63, 3.8) is 0 Å². The highest BCUT2D eigenvalue weighted by molar-refractivity contribution is 9.10. The number of amides is 1. The summed E-state index contributed by atoms with van der Waals surface area (Å²) in [7, 11) is 0. The van der Waals surface area contributed by atoms with E-state index in [0.717, 1.165) is 10.0 Å². The summed E-state index contributed by atoms with van der Waals surface area (Å²) in [6, 6.07) is 10.4. The van der Waals surface area contributed by atoms with Crippen molar-refractivity contribution >= 4 is 33.4 Å². The SMILES string of the molecule is Cc1ccc(Br)cc1Oc1ccc(Cl)cc1C(N)=O. The zero-order valence-electron chi connectivity index (χ0n) is 10.1. The molecule has 2 rings (SSSR count). The molecule has 0 atom stereocenters. The highest BCUT2D eigenvalue weighted by Gasteiger charge is 2.12. The lowest BCUT2D eigenvalue weighted by molar-refractivity contribution is 0.0998. The Balaban J connectivity index is 2.43. The molecule has 0 unspecified atom stereocenters. The quantitative estimate of drug-likeness (QED) is 0.905. The maximum absolute atomic E-state index is 11.4. The molecule has 2 aromatic rings. The van der Waals surface area contributed by atoms with Gasteiger partial charge in [0, 0.05) is 9.50 Å². The second kappa shape index (κ2) is 5.63. The lowest BCUT2D eigenvalue weighted by Crippen LogP contribution is -2.12. The first kappa shape index (κ1) is 13.9. The maximum atomic E-state index is 11.4. The summed E-state index contributed by atoms with van der Waals surface area (Å²) in [5.74, 6) is 0.461. The van der Waals surface area contributed by atoms with E-state index in [1.807, 2.05) is 25.1 Å². The number of carbonyl (C=O) groups excluding carboxylic acids is 1. The molecule has 0 aliphatic carbocycles. The molecule has 1 amide bonds. The Kier molecular flexibility index (Phi) is 4.12. The van der Waals surface area contributed by atoms with E-state index in [1.165, 1.54) is 6.07 Å². The van der Waals surface area contributed by atoms with Crippen molar-refractivity contribution < 1.29 is 9.53 Å². The van der Waals surface area contributed by atoms with Gasteiger partial charge in [-0.15, -0.1) is 0 Å². The number of carbonyl (C=O) groups is 1. The fourth-order valence-corrected chi connectivity index (χ4v) is 2.10. The van der Waals surface area contributed by atoms with Gasteiger partial charge >= 0.3 is 0 Å². The summed E-state index contributed by atoms with van der Waals surface area (Å²) >= 11 is 9.23. The number of aryl methyl sites for hydroxylation is 1. The average molecular weight is 341 g/mol. The summed E-state index contributed by atoms with van der Waals surface area (Å²) in [6.07, 6.45) is 0. The van der Waals surface area contributed by atoms with Crippen molar-refractivity contribution in [1.29, 1.82) is 0 Å². The second-order valence-electron chi connectivity index (χ2n) is 4.02. The van der Waals surface area contributed by atoms with Gasteiger partial charge < -0.3 is 10.5 Å². The molecule has 0 fully saturated rings. The molecule has 0 saturated heterocycles. The third-order valence-electron chi connectivity index (χ3n) is 2.58. The van der Waals surface area contributed by atoms with Crippen LogP contribution in [0.1, 0.15) is 15.9 Å². The summed E-state index contributed by atoms with van der Waals surface area (Å²) in [4.78, 5) is 11.4. The smallest absolute Gasteiger partial charge is 0.252 e. The van der Waals surface area contributed by atoms with Gasteiger partial charge in [-0.3, -0.25) is 4.79 Å². The number of halogens is 2. The van der Waals surface area contributed by atoms with E-state index in [9.17, 15) is 4.79 Å². The van der Waals surface area contributed by atoms with Crippen LogP contribution in [0.25, 0.3) is 0 Å². The fraction of sp³-hybridized carbons (Fsp3) is 0.0714. The zero-order chi connectivity index (χ0) is 14.0. The van der Waals surface area contributed by atoms with Crippen LogP contribution >= 0.6 is 27.5 Å². The van der Waals surface area contributed by atoms with Crippen molar-refractivity contribution in [2.75, 3.05) is 0 Å². The molecule has 0 saturated carbocycles. The standard InChI is InChI=1S/C14H11BrClNO2/c1-8-2-3-9(15)6-13(8)19-12-5-4-10(16)7-11(12)14(17)18/h2-7H,1H3,(H2,17,18). The number of hydrogen-bond acceptors (Lipinski definition) is 2. The highest BCUT2D eigenvalue weighted by Crippen LogP contribution is 2.31. The number of nitrogens with two attached hydrogens (primary N) is 1. The summed E-state index contributed by atoms with van der Waals surface area (Å²) < 4.78 is 6.64. The van der Waals surface area contributed by atoms with Gasteiger partial charge in [0.2, 0.25) is 0 Å². The van der Waals surface area contributed by atoms with Crippen LogP contribution in [0.5, 0.6) is 11.5 Å². The maximum Gasteiger partial charge on any atom is 0.252 e. The van der Waals surface area contributed by atoms with Crippen molar-refractivity contribution in [1.82, 2.24) is 0 Å². The second-order valence-corrected chi connectivity index (χ2v) is 5.37. The van der Waals surface area contributed by atoms with Crippen LogP contribution in [0.15, 0.2) is 40.9 Å². The molecule has 0 bridgehead atoms. The number of ether oxygens (including phenoxy) is 1. The number of primary amides is 1.